The highest BCUT2D eigenvalue weighted by Crippen LogP contribution is 2.31. The van der Waals surface area contributed by atoms with E-state index in [0.29, 0.717) is 5.69 Å². The Morgan fingerprint density at radius 2 is 2.07 bits per heavy atom. The van der Waals surface area contributed by atoms with Gasteiger partial charge in [0, 0.05) is 44.4 Å². The molecule has 2 aliphatic rings. The number of piperidine rings is 1. The van der Waals surface area contributed by atoms with Crippen LogP contribution in [0, 0.1) is 0 Å². The van der Waals surface area contributed by atoms with Crippen LogP contribution in [0.5, 0.6) is 0 Å². The smallest absolute Gasteiger partial charge is 0.272 e. The van der Waals surface area contributed by atoms with Crippen molar-refractivity contribution in [1.29, 1.82) is 0 Å². The van der Waals surface area contributed by atoms with Gasteiger partial charge in [-0.25, -0.2) is 0 Å². The van der Waals surface area contributed by atoms with Gasteiger partial charge >= 0.3 is 0 Å². The molecule has 144 valence electrons. The number of anilines is 1. The molecule has 1 amide bonds. The second-order valence-electron chi connectivity index (χ2n) is 7.45. The van der Waals surface area contributed by atoms with Crippen LogP contribution in [0.2, 0.25) is 0 Å². The number of carbonyl (C=O) groups excluding carboxylic acids is 1. The zero-order valence-corrected chi connectivity index (χ0v) is 16.1. The monoisotopic (exact) mass is 370 g/mol. The molecule has 2 aromatic heterocycles. The molecular formula is C19H26N6O2. The number of nitrogens with zero attached hydrogens (tertiary/aromatic N) is 5. The van der Waals surface area contributed by atoms with Crippen LogP contribution in [0.3, 0.4) is 0 Å². The van der Waals surface area contributed by atoms with Crippen LogP contribution >= 0.6 is 0 Å². The standard InChI is InChI=1S/C19H26N6O2/c1-12-11-15-17(23-24(3)18(15)13(2)27-12)19(26)21-14-6-9-25(10-7-14)16-5-4-8-20-22-16/h4-5,8,12-14H,6-7,9-11H2,1-3H3,(H,21,26)/t12-,13+/m1/s1. The van der Waals surface area contributed by atoms with E-state index in [-0.39, 0.29) is 24.2 Å². The summed E-state index contributed by atoms with van der Waals surface area (Å²) in [4.78, 5) is 15.1. The molecule has 0 saturated carbocycles. The van der Waals surface area contributed by atoms with Crippen LogP contribution < -0.4 is 10.2 Å². The number of rotatable bonds is 3. The average Bonchev–Trinajstić information content (AvgIpc) is 3.00. The summed E-state index contributed by atoms with van der Waals surface area (Å²) in [6.45, 7) is 5.76. The third-order valence-electron chi connectivity index (χ3n) is 5.43. The van der Waals surface area contributed by atoms with E-state index in [1.165, 1.54) is 0 Å². The van der Waals surface area contributed by atoms with E-state index in [2.05, 4.69) is 25.5 Å². The molecule has 8 heteroatoms. The molecule has 0 unspecified atom stereocenters. The molecule has 4 rings (SSSR count). The second kappa shape index (κ2) is 7.26. The zero-order chi connectivity index (χ0) is 19.0. The van der Waals surface area contributed by atoms with Crippen LogP contribution in [0.4, 0.5) is 5.82 Å². The fourth-order valence-corrected chi connectivity index (χ4v) is 4.19. The van der Waals surface area contributed by atoms with Crippen molar-refractivity contribution in [2.24, 2.45) is 7.05 Å². The summed E-state index contributed by atoms with van der Waals surface area (Å²) in [5, 5.41) is 15.8. The Kier molecular flexibility index (Phi) is 4.82. The summed E-state index contributed by atoms with van der Waals surface area (Å²) < 4.78 is 7.67. The van der Waals surface area contributed by atoms with Crippen molar-refractivity contribution in [3.63, 3.8) is 0 Å². The molecule has 0 radical (unpaired) electrons. The lowest BCUT2D eigenvalue weighted by atomic mass is 9.98. The molecule has 2 aromatic rings. The quantitative estimate of drug-likeness (QED) is 0.884. The van der Waals surface area contributed by atoms with Crippen molar-refractivity contribution >= 4 is 11.7 Å². The van der Waals surface area contributed by atoms with Crippen molar-refractivity contribution < 1.29 is 9.53 Å². The second-order valence-corrected chi connectivity index (χ2v) is 7.45. The summed E-state index contributed by atoms with van der Waals surface area (Å²) in [7, 11) is 1.88. The van der Waals surface area contributed by atoms with Gasteiger partial charge in [0.25, 0.3) is 5.91 Å². The maximum Gasteiger partial charge on any atom is 0.272 e. The fourth-order valence-electron chi connectivity index (χ4n) is 4.19. The molecule has 0 spiro atoms. The predicted octanol–water partition coefficient (Wildman–Crippen LogP) is 1.63. The van der Waals surface area contributed by atoms with Crippen LogP contribution in [0.1, 0.15) is 54.5 Å². The van der Waals surface area contributed by atoms with Gasteiger partial charge in [0.15, 0.2) is 11.5 Å². The Labute approximate surface area is 158 Å². The van der Waals surface area contributed by atoms with Crippen molar-refractivity contribution in [1.82, 2.24) is 25.3 Å². The fraction of sp³-hybridized carbons (Fsp3) is 0.579. The molecule has 2 atom stereocenters. The van der Waals surface area contributed by atoms with Gasteiger partial charge in [0.05, 0.1) is 17.9 Å². The summed E-state index contributed by atoms with van der Waals surface area (Å²) in [6, 6.07) is 4.01. The molecule has 2 aliphatic heterocycles. The normalized spacial score (nSPS) is 23.1. The Morgan fingerprint density at radius 3 is 2.78 bits per heavy atom. The van der Waals surface area contributed by atoms with Crippen LogP contribution in [-0.4, -0.2) is 51.1 Å². The Morgan fingerprint density at radius 1 is 1.30 bits per heavy atom. The third kappa shape index (κ3) is 3.53. The van der Waals surface area contributed by atoms with E-state index in [4.69, 9.17) is 4.74 Å². The number of fused-ring (bicyclic) bond motifs is 1. The maximum atomic E-state index is 12.9. The van der Waals surface area contributed by atoms with E-state index in [1.807, 2.05) is 33.0 Å². The minimum atomic E-state index is -0.0777. The van der Waals surface area contributed by atoms with Crippen molar-refractivity contribution in [3.05, 3.63) is 35.3 Å². The Bertz CT molecular complexity index is 813. The van der Waals surface area contributed by atoms with Crippen LogP contribution in [-0.2, 0) is 18.2 Å². The topological polar surface area (TPSA) is 85.2 Å². The number of amides is 1. The number of hydrogen-bond acceptors (Lipinski definition) is 6. The van der Waals surface area contributed by atoms with Gasteiger partial charge in [-0.2, -0.15) is 10.2 Å². The molecule has 0 bridgehead atoms. The van der Waals surface area contributed by atoms with E-state index in [9.17, 15) is 4.79 Å². The first-order valence-corrected chi connectivity index (χ1v) is 9.57. The highest BCUT2D eigenvalue weighted by molar-refractivity contribution is 5.94. The molecule has 0 aliphatic carbocycles. The molecule has 27 heavy (non-hydrogen) atoms. The highest BCUT2D eigenvalue weighted by atomic mass is 16.5. The van der Waals surface area contributed by atoms with Crippen LogP contribution in [0.25, 0.3) is 0 Å². The molecular weight excluding hydrogens is 344 g/mol. The lowest BCUT2D eigenvalue weighted by Crippen LogP contribution is -2.45. The first-order valence-electron chi connectivity index (χ1n) is 9.57. The minimum absolute atomic E-state index is 0.0435. The first-order chi connectivity index (χ1) is 13.0. The predicted molar refractivity (Wildman–Crippen MR) is 101 cm³/mol. The first kappa shape index (κ1) is 17.9. The van der Waals surface area contributed by atoms with E-state index in [0.717, 1.165) is 49.4 Å². The molecule has 1 saturated heterocycles. The number of aromatic nitrogens is 4. The number of carbonyl (C=O) groups is 1. The van der Waals surface area contributed by atoms with Gasteiger partial charge in [-0.1, -0.05) is 0 Å². The number of aryl methyl sites for hydroxylation is 1. The summed E-state index contributed by atoms with van der Waals surface area (Å²) >= 11 is 0. The lowest BCUT2D eigenvalue weighted by Gasteiger charge is -2.32. The third-order valence-corrected chi connectivity index (χ3v) is 5.43. The molecule has 4 heterocycles. The highest BCUT2D eigenvalue weighted by Gasteiger charge is 2.32. The number of nitrogens with one attached hydrogen (secondary N) is 1. The largest absolute Gasteiger partial charge is 0.369 e. The van der Waals surface area contributed by atoms with E-state index in [1.54, 1.807) is 10.9 Å². The van der Waals surface area contributed by atoms with Gasteiger partial charge in [0.1, 0.15) is 0 Å². The summed E-state index contributed by atoms with van der Waals surface area (Å²) in [6.07, 6.45) is 4.22. The molecule has 0 aromatic carbocycles. The van der Waals surface area contributed by atoms with Crippen molar-refractivity contribution in [3.8, 4) is 0 Å². The Hall–Kier alpha value is -2.48. The van der Waals surface area contributed by atoms with E-state index >= 15 is 0 Å². The van der Waals surface area contributed by atoms with Gasteiger partial charge in [0.2, 0.25) is 0 Å². The maximum absolute atomic E-state index is 12.9. The van der Waals surface area contributed by atoms with Gasteiger partial charge in [-0.15, -0.1) is 5.10 Å². The van der Waals surface area contributed by atoms with Crippen molar-refractivity contribution in [2.45, 2.75) is 51.4 Å². The molecule has 1 fully saturated rings. The van der Waals surface area contributed by atoms with E-state index < -0.39 is 0 Å². The summed E-state index contributed by atoms with van der Waals surface area (Å²) in [5.41, 5.74) is 2.58. The van der Waals surface area contributed by atoms with Crippen LogP contribution in [0.15, 0.2) is 18.3 Å². The zero-order valence-electron chi connectivity index (χ0n) is 16.1. The lowest BCUT2D eigenvalue weighted by molar-refractivity contribution is -0.00903. The number of hydrogen-bond donors (Lipinski definition) is 1. The average molecular weight is 370 g/mol. The van der Waals surface area contributed by atoms with Gasteiger partial charge in [-0.3, -0.25) is 9.48 Å². The molecule has 1 N–H and O–H groups in total. The summed E-state index contributed by atoms with van der Waals surface area (Å²) in [5.74, 6) is 0.815. The minimum Gasteiger partial charge on any atom is -0.369 e. The number of ether oxygens (including phenoxy) is 1. The Balaban J connectivity index is 1.42. The van der Waals surface area contributed by atoms with Crippen molar-refractivity contribution in [2.75, 3.05) is 18.0 Å². The molecule has 8 nitrogen and oxygen atoms in total. The van der Waals surface area contributed by atoms with Gasteiger partial charge in [-0.05, 0) is 38.8 Å². The SMILES string of the molecule is C[C@@H]1Cc2c(C(=O)NC3CCN(c4cccnn4)CC3)nn(C)c2[C@H](C)O1. The van der Waals surface area contributed by atoms with Gasteiger partial charge < -0.3 is 15.0 Å².